The van der Waals surface area contributed by atoms with Crippen LogP contribution in [0.3, 0.4) is 0 Å². The van der Waals surface area contributed by atoms with Crippen molar-refractivity contribution in [3.63, 3.8) is 0 Å². The molecule has 0 amide bonds. The maximum Gasteiger partial charge on any atom is 0.514 e. The topological polar surface area (TPSA) is 107 Å². The third-order valence-corrected chi connectivity index (χ3v) is 8.85. The maximum atomic E-state index is 12.6. The normalized spacial score (nSPS) is 11.8. The van der Waals surface area contributed by atoms with E-state index in [4.69, 9.17) is 28.4 Å². The van der Waals surface area contributed by atoms with Gasteiger partial charge in [-0.2, -0.15) is 0 Å². The Kier molecular flexibility index (Phi) is 13.7. The van der Waals surface area contributed by atoms with Crippen LogP contribution in [-0.2, 0) is 25.1 Å². The Hall–Kier alpha value is -3.70. The first-order valence-corrected chi connectivity index (χ1v) is 17.4. The van der Waals surface area contributed by atoms with Crippen LogP contribution in [0.5, 0.6) is 17.2 Å². The van der Waals surface area contributed by atoms with Crippen LogP contribution >= 0.6 is 0 Å². The second-order valence-electron chi connectivity index (χ2n) is 15.2. The summed E-state index contributed by atoms with van der Waals surface area (Å²) in [5.41, 5.74) is 2.46. The molecule has 0 N–H and O–H groups in total. The highest BCUT2D eigenvalue weighted by Crippen LogP contribution is 2.40. The van der Waals surface area contributed by atoms with Gasteiger partial charge >= 0.3 is 18.5 Å². The zero-order valence-corrected chi connectivity index (χ0v) is 34.3. The molecule has 9 nitrogen and oxygen atoms in total. The summed E-state index contributed by atoms with van der Waals surface area (Å²) in [5.74, 6) is 1.30. The number of hydrogen-bond acceptors (Lipinski definition) is 9. The van der Waals surface area contributed by atoms with Gasteiger partial charge in [0.25, 0.3) is 0 Å². The highest BCUT2D eigenvalue weighted by Gasteiger charge is 2.34. The van der Waals surface area contributed by atoms with Crippen LogP contribution in [0.1, 0.15) is 95.7 Å². The number of rotatable bonds is 6. The summed E-state index contributed by atoms with van der Waals surface area (Å²) in [6, 6.07) is 12.0. The first-order chi connectivity index (χ1) is 22.3. The van der Waals surface area contributed by atoms with Crippen molar-refractivity contribution in [1.82, 2.24) is 0 Å². The number of ether oxygens (including phenoxy) is 6. The molecule has 0 spiro atoms. The van der Waals surface area contributed by atoms with Crippen LogP contribution in [0.15, 0.2) is 51.1 Å². The fourth-order valence-electron chi connectivity index (χ4n) is 5.04. The first-order valence-electron chi connectivity index (χ1n) is 16.1. The van der Waals surface area contributed by atoms with Gasteiger partial charge < -0.3 is 45.4 Å². The number of aryl methyl sites for hydroxylation is 6. The minimum Gasteiger partial charge on any atom is -1.00 e. The van der Waals surface area contributed by atoms with E-state index in [0.29, 0.717) is 17.2 Å². The lowest BCUT2D eigenvalue weighted by atomic mass is 10.1. The van der Waals surface area contributed by atoms with Gasteiger partial charge in [-0.25, -0.2) is 14.4 Å². The van der Waals surface area contributed by atoms with Crippen LogP contribution in [0.2, 0.25) is 0 Å². The third-order valence-electron chi connectivity index (χ3n) is 6.73. The van der Waals surface area contributed by atoms with E-state index in [9.17, 15) is 14.4 Å². The Balaban J connectivity index is 0.00000867. The van der Waals surface area contributed by atoms with Gasteiger partial charge in [-0.3, -0.25) is 0 Å². The number of halogens is 1. The van der Waals surface area contributed by atoms with Crippen LogP contribution in [0, 0.1) is 41.5 Å². The number of carbonyl (C=O) groups excluding carboxylic acids is 3. The Morgan fingerprint density at radius 3 is 0.760 bits per heavy atom. The molecule has 3 aromatic rings. The smallest absolute Gasteiger partial charge is 0.514 e. The minimum absolute atomic E-state index is 0. The van der Waals surface area contributed by atoms with Gasteiger partial charge in [-0.05, 0) is 137 Å². The molecule has 0 aliphatic rings. The molecule has 0 saturated heterocycles. The molecule has 0 saturated carbocycles. The van der Waals surface area contributed by atoms with Crippen LogP contribution in [0.4, 0.5) is 14.4 Å². The van der Waals surface area contributed by atoms with Crippen molar-refractivity contribution in [2.45, 2.75) is 135 Å². The summed E-state index contributed by atoms with van der Waals surface area (Å²) in [7, 11) is -0.702. The maximum absolute atomic E-state index is 12.6. The predicted molar refractivity (Wildman–Crippen MR) is 190 cm³/mol. The fraction of sp³-hybridized carbons (Fsp3) is 0.462. The molecule has 0 aliphatic carbocycles. The molecule has 0 heterocycles. The van der Waals surface area contributed by atoms with Crippen molar-refractivity contribution in [2.24, 2.45) is 0 Å². The van der Waals surface area contributed by atoms with E-state index < -0.39 is 46.2 Å². The second kappa shape index (κ2) is 16.1. The van der Waals surface area contributed by atoms with E-state index in [1.165, 1.54) is 0 Å². The van der Waals surface area contributed by atoms with Gasteiger partial charge in [-0.1, -0.05) is 0 Å². The van der Waals surface area contributed by atoms with Gasteiger partial charge in [0.1, 0.15) is 34.1 Å². The molecule has 11 heteroatoms. The Morgan fingerprint density at radius 2 is 0.600 bits per heavy atom. The molecule has 0 radical (unpaired) electrons. The average molecular weight is 776 g/mol. The van der Waals surface area contributed by atoms with Gasteiger partial charge in [0.15, 0.2) is 14.7 Å². The zero-order chi connectivity index (χ0) is 37.2. The lowest BCUT2D eigenvalue weighted by Gasteiger charge is -2.21. The van der Waals surface area contributed by atoms with Crippen molar-refractivity contribution in [3.8, 4) is 17.2 Å². The molecule has 3 rings (SSSR count). The standard InChI is InChI=1S/C39H51O9S.BrH/c1-22-16-28(17-23(2)31(22)43-34(40)46-37(7,8)9)49(29-18-24(3)32(25(4)19-29)44-35(41)47-38(10,11)12)30-20-26(5)33(27(6)21-30)45-36(42)48-39(13,14)15;/h16-21H,1-15H3;1H/q+1;/p-1. The summed E-state index contributed by atoms with van der Waals surface area (Å²) in [6.07, 6.45) is -2.32. The third kappa shape index (κ3) is 12.0. The zero-order valence-electron chi connectivity index (χ0n) is 31.9. The van der Waals surface area contributed by atoms with Gasteiger partial charge in [0.05, 0.1) is 10.9 Å². The van der Waals surface area contributed by atoms with E-state index in [1.54, 1.807) is 62.3 Å². The molecule has 0 atom stereocenters. The second-order valence-corrected chi connectivity index (χ2v) is 17.2. The van der Waals surface area contributed by atoms with Crippen molar-refractivity contribution in [1.29, 1.82) is 0 Å². The van der Waals surface area contributed by atoms with Gasteiger partial charge in [0, 0.05) is 36.4 Å². The van der Waals surface area contributed by atoms with Crippen molar-refractivity contribution < 1.29 is 59.8 Å². The molecule has 0 unspecified atom stereocenters. The summed E-state index contributed by atoms with van der Waals surface area (Å²) >= 11 is 0. The fourth-order valence-corrected chi connectivity index (χ4v) is 7.62. The first kappa shape index (κ1) is 42.5. The van der Waals surface area contributed by atoms with E-state index in [0.717, 1.165) is 48.1 Å². The predicted octanol–water partition coefficient (Wildman–Crippen LogP) is 7.58. The largest absolute Gasteiger partial charge is 1.00 e. The molecule has 0 aromatic heterocycles. The highest BCUT2D eigenvalue weighted by molar-refractivity contribution is 7.97. The Bertz CT molecular complexity index is 1470. The lowest BCUT2D eigenvalue weighted by molar-refractivity contribution is -0.000177. The van der Waals surface area contributed by atoms with Crippen LogP contribution < -0.4 is 31.2 Å². The summed E-state index contributed by atoms with van der Waals surface area (Å²) in [6.45, 7) is 27.4. The molecule has 50 heavy (non-hydrogen) atoms. The van der Waals surface area contributed by atoms with Crippen LogP contribution in [0.25, 0.3) is 0 Å². The summed E-state index contributed by atoms with van der Waals surface area (Å²) in [4.78, 5) is 40.6. The average Bonchev–Trinajstić information content (AvgIpc) is 2.88. The summed E-state index contributed by atoms with van der Waals surface area (Å²) in [5, 5.41) is 0. The van der Waals surface area contributed by atoms with Crippen molar-refractivity contribution >= 4 is 29.4 Å². The van der Waals surface area contributed by atoms with Crippen molar-refractivity contribution in [2.75, 3.05) is 0 Å². The van der Waals surface area contributed by atoms with E-state index in [2.05, 4.69) is 0 Å². The van der Waals surface area contributed by atoms with Gasteiger partial charge in [-0.15, -0.1) is 0 Å². The van der Waals surface area contributed by atoms with E-state index >= 15 is 0 Å². The monoisotopic (exact) mass is 774 g/mol. The molecule has 3 aromatic carbocycles. The molecule has 0 bridgehead atoms. The molecular formula is C39H51BrO9S. The number of benzene rings is 3. The Labute approximate surface area is 310 Å². The Morgan fingerprint density at radius 1 is 0.420 bits per heavy atom. The van der Waals surface area contributed by atoms with E-state index in [1.807, 2.05) is 77.9 Å². The van der Waals surface area contributed by atoms with E-state index in [-0.39, 0.29) is 17.0 Å². The minimum atomic E-state index is -0.774. The quantitative estimate of drug-likeness (QED) is 0.109. The van der Waals surface area contributed by atoms with Gasteiger partial charge in [0.2, 0.25) is 0 Å². The van der Waals surface area contributed by atoms with Crippen molar-refractivity contribution in [3.05, 3.63) is 69.8 Å². The molecule has 274 valence electrons. The lowest BCUT2D eigenvalue weighted by Crippen LogP contribution is -3.00. The molecule has 0 aliphatic heterocycles. The number of carbonyl (C=O) groups is 3. The highest BCUT2D eigenvalue weighted by atomic mass is 79.9. The van der Waals surface area contributed by atoms with Crippen LogP contribution in [-0.4, -0.2) is 35.3 Å². The number of hydrogen-bond donors (Lipinski definition) is 0. The SMILES string of the molecule is Cc1cc([S+](c2cc(C)c(OC(=O)OC(C)(C)C)c(C)c2)c2cc(C)c(OC(=O)OC(C)(C)C)c(C)c2)cc(C)c1OC(=O)OC(C)(C)C.[Br-]. The summed E-state index contributed by atoms with van der Waals surface area (Å²) < 4.78 is 33.2. The molecule has 0 fully saturated rings. The molecular weight excluding hydrogens is 724 g/mol.